The average Bonchev–Trinajstić information content (AvgIpc) is 2.85. The molecule has 0 saturated carbocycles. The summed E-state index contributed by atoms with van der Waals surface area (Å²) in [6.07, 6.45) is 3.33. The molecule has 2 rings (SSSR count). The molecule has 18 heavy (non-hydrogen) atoms. The highest BCUT2D eigenvalue weighted by molar-refractivity contribution is 5.25. The van der Waals surface area contributed by atoms with E-state index in [1.807, 2.05) is 6.07 Å². The van der Waals surface area contributed by atoms with Crippen molar-refractivity contribution in [1.29, 1.82) is 0 Å². The minimum Gasteiger partial charge on any atom is -0.408 e. The summed E-state index contributed by atoms with van der Waals surface area (Å²) < 4.78 is 5.38. The second-order valence-corrected chi connectivity index (χ2v) is 3.86. The lowest BCUT2D eigenvalue weighted by Crippen LogP contribution is -2.05. The lowest BCUT2D eigenvalue weighted by atomic mass is 10.1. The first-order chi connectivity index (χ1) is 8.83. The van der Waals surface area contributed by atoms with Gasteiger partial charge in [-0.25, -0.2) is 0 Å². The van der Waals surface area contributed by atoms with E-state index in [2.05, 4.69) is 33.5 Å². The van der Waals surface area contributed by atoms with Crippen molar-refractivity contribution >= 4 is 6.01 Å². The fraction of sp³-hybridized carbons (Fsp3) is 0.417. The van der Waals surface area contributed by atoms with Gasteiger partial charge in [-0.3, -0.25) is 4.98 Å². The van der Waals surface area contributed by atoms with Crippen molar-refractivity contribution in [2.75, 3.05) is 11.9 Å². The molecule has 0 atom stereocenters. The van der Waals surface area contributed by atoms with Crippen molar-refractivity contribution in [3.63, 3.8) is 0 Å². The molecule has 0 spiro atoms. The molecule has 3 N–H and O–H groups in total. The lowest BCUT2D eigenvalue weighted by Gasteiger charge is -2.05. The van der Waals surface area contributed by atoms with Gasteiger partial charge < -0.3 is 15.5 Å². The van der Waals surface area contributed by atoms with Crippen LogP contribution in [0.4, 0.5) is 6.01 Å². The zero-order valence-corrected chi connectivity index (χ0v) is 10.4. The van der Waals surface area contributed by atoms with Gasteiger partial charge in [0.1, 0.15) is 0 Å². The van der Waals surface area contributed by atoms with Gasteiger partial charge in [0, 0.05) is 19.2 Å². The molecule has 0 fully saturated rings. The first-order valence-corrected chi connectivity index (χ1v) is 6.02. The highest BCUT2D eigenvalue weighted by atomic mass is 16.4. The first kappa shape index (κ1) is 12.5. The second kappa shape index (κ2) is 6.11. The number of nitrogens with two attached hydrogens (primary N) is 1. The molecule has 2 aromatic rings. The smallest absolute Gasteiger partial charge is 0.315 e. The topological polar surface area (TPSA) is 89.9 Å². The summed E-state index contributed by atoms with van der Waals surface area (Å²) in [6, 6.07) is 4.41. The van der Waals surface area contributed by atoms with Crippen LogP contribution in [0, 0.1) is 0 Å². The van der Waals surface area contributed by atoms with Crippen LogP contribution in [0.25, 0.3) is 0 Å². The van der Waals surface area contributed by atoms with Crippen LogP contribution in [0.5, 0.6) is 0 Å². The van der Waals surface area contributed by atoms with Crippen LogP contribution in [-0.4, -0.2) is 21.7 Å². The maximum Gasteiger partial charge on any atom is 0.315 e. The van der Waals surface area contributed by atoms with Crippen molar-refractivity contribution in [2.45, 2.75) is 26.3 Å². The van der Waals surface area contributed by atoms with Crippen LogP contribution in [0.1, 0.15) is 24.1 Å². The summed E-state index contributed by atoms with van der Waals surface area (Å²) in [5, 5.41) is 10.8. The van der Waals surface area contributed by atoms with Gasteiger partial charge in [-0.05, 0) is 18.1 Å². The molecule has 0 unspecified atom stereocenters. The fourth-order valence-electron chi connectivity index (χ4n) is 1.66. The van der Waals surface area contributed by atoms with Crippen molar-refractivity contribution in [1.82, 2.24) is 15.2 Å². The van der Waals surface area contributed by atoms with Crippen LogP contribution in [0.2, 0.25) is 0 Å². The Labute approximate surface area is 106 Å². The van der Waals surface area contributed by atoms with Gasteiger partial charge in [-0.1, -0.05) is 18.1 Å². The third kappa shape index (κ3) is 3.04. The van der Waals surface area contributed by atoms with E-state index in [0.717, 1.165) is 12.1 Å². The van der Waals surface area contributed by atoms with E-state index in [4.69, 9.17) is 10.2 Å². The molecule has 0 aliphatic heterocycles. The Kier molecular flexibility index (Phi) is 4.25. The summed E-state index contributed by atoms with van der Waals surface area (Å²) in [7, 11) is 0. The predicted octanol–water partition coefficient (Wildman–Crippen LogP) is 1.14. The van der Waals surface area contributed by atoms with Crippen LogP contribution in [0.15, 0.2) is 22.7 Å². The summed E-state index contributed by atoms with van der Waals surface area (Å²) in [4.78, 5) is 4.34. The molecule has 2 heterocycles. The van der Waals surface area contributed by atoms with Crippen molar-refractivity contribution in [3.8, 4) is 0 Å². The number of nitrogens with zero attached hydrogens (tertiary/aromatic N) is 3. The standard InChI is InChI=1S/C12H17N5O/c1-2-9-4-3-7-14-10(9)8-15-12-17-16-11(18-12)5-6-13/h3-4,7H,2,5-6,8,13H2,1H3,(H,15,17). The van der Waals surface area contributed by atoms with E-state index in [1.54, 1.807) is 6.20 Å². The van der Waals surface area contributed by atoms with Crippen LogP contribution in [0.3, 0.4) is 0 Å². The maximum atomic E-state index is 5.41. The van der Waals surface area contributed by atoms with Gasteiger partial charge >= 0.3 is 6.01 Å². The molecule has 0 aromatic carbocycles. The van der Waals surface area contributed by atoms with Crippen LogP contribution >= 0.6 is 0 Å². The number of hydrogen-bond acceptors (Lipinski definition) is 6. The van der Waals surface area contributed by atoms with E-state index >= 15 is 0 Å². The quantitative estimate of drug-likeness (QED) is 0.795. The van der Waals surface area contributed by atoms with Crippen molar-refractivity contribution in [3.05, 3.63) is 35.5 Å². The Morgan fingerprint density at radius 3 is 3.06 bits per heavy atom. The number of hydrogen-bond donors (Lipinski definition) is 2. The Morgan fingerprint density at radius 1 is 1.39 bits per heavy atom. The number of aromatic nitrogens is 3. The number of aryl methyl sites for hydroxylation is 1. The summed E-state index contributed by atoms with van der Waals surface area (Å²) in [5.41, 5.74) is 7.63. The highest BCUT2D eigenvalue weighted by Gasteiger charge is 2.06. The third-order valence-corrected chi connectivity index (χ3v) is 2.60. The monoisotopic (exact) mass is 247 g/mol. The minimum absolute atomic E-state index is 0.408. The highest BCUT2D eigenvalue weighted by Crippen LogP contribution is 2.10. The SMILES string of the molecule is CCc1cccnc1CNc1nnc(CCN)o1. The van der Waals surface area contributed by atoms with Crippen LogP contribution in [-0.2, 0) is 19.4 Å². The largest absolute Gasteiger partial charge is 0.408 e. The van der Waals surface area contributed by atoms with E-state index in [-0.39, 0.29) is 0 Å². The zero-order chi connectivity index (χ0) is 12.8. The van der Waals surface area contributed by atoms with Gasteiger partial charge in [0.2, 0.25) is 5.89 Å². The number of rotatable bonds is 6. The normalized spacial score (nSPS) is 10.6. The van der Waals surface area contributed by atoms with Crippen LogP contribution < -0.4 is 11.1 Å². The van der Waals surface area contributed by atoms with E-state index in [0.29, 0.717) is 31.4 Å². The summed E-state index contributed by atoms with van der Waals surface area (Å²) in [5.74, 6) is 0.553. The van der Waals surface area contributed by atoms with Crippen molar-refractivity contribution in [2.24, 2.45) is 5.73 Å². The molecule has 0 aliphatic rings. The van der Waals surface area contributed by atoms with Crippen molar-refractivity contribution < 1.29 is 4.42 Å². The van der Waals surface area contributed by atoms with E-state index in [1.165, 1.54) is 5.56 Å². The average molecular weight is 247 g/mol. The van der Waals surface area contributed by atoms with Gasteiger partial charge in [0.25, 0.3) is 0 Å². The van der Waals surface area contributed by atoms with Gasteiger partial charge in [0.15, 0.2) is 0 Å². The Morgan fingerprint density at radius 2 is 2.28 bits per heavy atom. The molecule has 0 amide bonds. The van der Waals surface area contributed by atoms with E-state index in [9.17, 15) is 0 Å². The Balaban J connectivity index is 1.97. The molecular weight excluding hydrogens is 230 g/mol. The molecule has 6 heteroatoms. The minimum atomic E-state index is 0.408. The Bertz CT molecular complexity index is 497. The molecule has 2 aromatic heterocycles. The fourth-order valence-corrected chi connectivity index (χ4v) is 1.66. The predicted molar refractivity (Wildman–Crippen MR) is 68.0 cm³/mol. The molecule has 6 nitrogen and oxygen atoms in total. The Hall–Kier alpha value is -1.95. The second-order valence-electron chi connectivity index (χ2n) is 3.86. The number of anilines is 1. The van der Waals surface area contributed by atoms with Gasteiger partial charge in [-0.2, -0.15) is 0 Å². The molecule has 0 radical (unpaired) electrons. The third-order valence-electron chi connectivity index (χ3n) is 2.60. The van der Waals surface area contributed by atoms with Gasteiger partial charge in [-0.15, -0.1) is 5.10 Å². The summed E-state index contributed by atoms with van der Waals surface area (Å²) in [6.45, 7) is 3.18. The zero-order valence-electron chi connectivity index (χ0n) is 10.4. The molecule has 0 aliphatic carbocycles. The van der Waals surface area contributed by atoms with Gasteiger partial charge in [0.05, 0.1) is 12.2 Å². The molecule has 96 valence electrons. The number of nitrogens with one attached hydrogen (secondary N) is 1. The summed E-state index contributed by atoms with van der Waals surface area (Å²) >= 11 is 0. The lowest BCUT2D eigenvalue weighted by molar-refractivity contribution is 0.505. The molecule has 0 bridgehead atoms. The first-order valence-electron chi connectivity index (χ1n) is 6.02. The molecule has 0 saturated heterocycles. The molecular formula is C12H17N5O. The maximum absolute atomic E-state index is 5.41. The van der Waals surface area contributed by atoms with E-state index < -0.39 is 0 Å². The number of pyridine rings is 1.